The van der Waals surface area contributed by atoms with E-state index >= 15 is 0 Å². The Hall–Kier alpha value is -1.39. The molecule has 0 rings (SSSR count). The molecule has 2 N–H and O–H groups in total. The second-order valence-corrected chi connectivity index (χ2v) is 3.01. The van der Waals surface area contributed by atoms with Crippen molar-refractivity contribution >= 4 is 17.7 Å². The summed E-state index contributed by atoms with van der Waals surface area (Å²) in [5.41, 5.74) is 0. The molecule has 108 valence electrons. The lowest BCUT2D eigenvalue weighted by molar-refractivity contribution is -0.137. The molecule has 0 aliphatic carbocycles. The van der Waals surface area contributed by atoms with Crippen molar-refractivity contribution in [1.29, 1.82) is 0 Å². The Morgan fingerprint density at radius 2 is 1.56 bits per heavy atom. The molecule has 1 amide bonds. The van der Waals surface area contributed by atoms with Gasteiger partial charge in [-0.15, -0.1) is 0 Å². The largest absolute Gasteiger partial charge is 0.481 e. The fraction of sp³-hybridized carbons (Fsp3) is 0.769. The van der Waals surface area contributed by atoms with Gasteiger partial charge in [0.1, 0.15) is 0 Å². The number of carbonyl (C=O) groups excluding carboxylic acids is 2. The Balaban J connectivity index is -0.000000506. The van der Waals surface area contributed by atoms with Crippen LogP contribution in [0, 0.1) is 0 Å². The molecule has 0 bridgehead atoms. The maximum atomic E-state index is 11.3. The highest BCUT2D eigenvalue weighted by atomic mass is 16.4. The lowest BCUT2D eigenvalue weighted by atomic mass is 10.1. The number of hydrogen-bond acceptors (Lipinski definition) is 3. The summed E-state index contributed by atoms with van der Waals surface area (Å²) in [6.45, 7) is 11.0. The van der Waals surface area contributed by atoms with Crippen LogP contribution < -0.4 is 5.32 Å². The Bertz CT molecular complexity index is 239. The van der Waals surface area contributed by atoms with E-state index in [0.29, 0.717) is 6.42 Å². The Morgan fingerprint density at radius 3 is 1.83 bits per heavy atom. The van der Waals surface area contributed by atoms with Crippen LogP contribution in [0.5, 0.6) is 0 Å². The summed E-state index contributed by atoms with van der Waals surface area (Å²) in [6, 6.07) is -0.659. The van der Waals surface area contributed by atoms with E-state index in [4.69, 9.17) is 5.11 Å². The molecule has 5 heteroatoms. The zero-order valence-corrected chi connectivity index (χ0v) is 12.4. The van der Waals surface area contributed by atoms with Crippen LogP contribution in [-0.4, -0.2) is 28.8 Å². The van der Waals surface area contributed by atoms with Crippen LogP contribution in [0.3, 0.4) is 0 Å². The second kappa shape index (κ2) is 15.6. The average Bonchev–Trinajstić information content (AvgIpc) is 2.37. The molecule has 0 heterocycles. The lowest BCUT2D eigenvalue weighted by Crippen LogP contribution is -2.39. The summed E-state index contributed by atoms with van der Waals surface area (Å²) < 4.78 is 0. The van der Waals surface area contributed by atoms with Crippen LogP contribution in [0.25, 0.3) is 0 Å². The summed E-state index contributed by atoms with van der Waals surface area (Å²) in [5.74, 6) is -1.42. The number of nitrogens with one attached hydrogen (secondary N) is 1. The molecule has 0 aliphatic rings. The number of carboxylic acids is 1. The highest BCUT2D eigenvalue weighted by Crippen LogP contribution is 2.01. The Kier molecular flexibility index (Phi) is 18.9. The van der Waals surface area contributed by atoms with E-state index in [0.717, 1.165) is 0 Å². The SMILES string of the molecule is CC.CC.CCC(=O)C(CCC(=O)O)NC(C)=O. The fourth-order valence-corrected chi connectivity index (χ4v) is 1.07. The average molecular weight is 261 g/mol. The molecule has 0 spiro atoms. The van der Waals surface area contributed by atoms with Crippen LogP contribution in [0.2, 0.25) is 0 Å². The predicted octanol–water partition coefficient (Wildman–Crippen LogP) is 2.39. The standard InChI is InChI=1S/C9H15NO4.2C2H6/c1-3-8(12)7(10-6(2)11)4-5-9(13)14;2*1-2/h7H,3-5H2,1-2H3,(H,10,11)(H,13,14);2*1-2H3. The lowest BCUT2D eigenvalue weighted by Gasteiger charge is -2.14. The van der Waals surface area contributed by atoms with Gasteiger partial charge in [-0.1, -0.05) is 34.6 Å². The molecule has 0 saturated carbocycles. The molecule has 0 aliphatic heterocycles. The minimum absolute atomic E-state index is 0.114. The summed E-state index contributed by atoms with van der Waals surface area (Å²) in [4.78, 5) is 32.2. The van der Waals surface area contributed by atoms with Gasteiger partial charge in [-0.25, -0.2) is 0 Å². The van der Waals surface area contributed by atoms with E-state index in [1.165, 1.54) is 6.92 Å². The first kappa shape index (κ1) is 21.9. The van der Waals surface area contributed by atoms with E-state index in [2.05, 4.69) is 5.32 Å². The van der Waals surface area contributed by atoms with Crippen LogP contribution >= 0.6 is 0 Å². The summed E-state index contributed by atoms with van der Waals surface area (Å²) >= 11 is 0. The molecule has 1 atom stereocenters. The first-order valence-electron chi connectivity index (χ1n) is 6.49. The number of amides is 1. The molecule has 0 aromatic rings. The van der Waals surface area contributed by atoms with Crippen molar-refractivity contribution in [1.82, 2.24) is 5.32 Å². The van der Waals surface area contributed by atoms with Gasteiger partial charge < -0.3 is 10.4 Å². The topological polar surface area (TPSA) is 83.5 Å². The molecule has 18 heavy (non-hydrogen) atoms. The third-order valence-electron chi connectivity index (χ3n) is 1.76. The third kappa shape index (κ3) is 14.6. The monoisotopic (exact) mass is 261 g/mol. The van der Waals surface area contributed by atoms with Crippen molar-refractivity contribution in [3.05, 3.63) is 0 Å². The predicted molar refractivity (Wildman–Crippen MR) is 72.5 cm³/mol. The number of aliphatic carboxylic acids is 1. The van der Waals surface area contributed by atoms with Crippen molar-refractivity contribution < 1.29 is 19.5 Å². The van der Waals surface area contributed by atoms with E-state index in [9.17, 15) is 14.4 Å². The Morgan fingerprint density at radius 1 is 1.11 bits per heavy atom. The van der Waals surface area contributed by atoms with Crippen LogP contribution in [-0.2, 0) is 14.4 Å². The number of carbonyl (C=O) groups is 3. The van der Waals surface area contributed by atoms with Gasteiger partial charge in [-0.05, 0) is 6.42 Å². The van der Waals surface area contributed by atoms with Crippen molar-refractivity contribution in [2.75, 3.05) is 0 Å². The molecule has 0 aromatic carbocycles. The molecule has 0 radical (unpaired) electrons. The highest BCUT2D eigenvalue weighted by molar-refractivity contribution is 5.88. The van der Waals surface area contributed by atoms with Crippen LogP contribution in [0.1, 0.15) is 60.8 Å². The van der Waals surface area contributed by atoms with Crippen molar-refractivity contribution in [3.8, 4) is 0 Å². The van der Waals surface area contributed by atoms with Gasteiger partial charge in [0.2, 0.25) is 5.91 Å². The number of carboxylic acid groups (broad SMARTS) is 1. The smallest absolute Gasteiger partial charge is 0.303 e. The first-order valence-corrected chi connectivity index (χ1v) is 6.49. The van der Waals surface area contributed by atoms with Crippen LogP contribution in [0.4, 0.5) is 0 Å². The molecule has 0 aromatic heterocycles. The van der Waals surface area contributed by atoms with Gasteiger partial charge >= 0.3 is 5.97 Å². The zero-order chi connectivity index (χ0) is 15.1. The number of hydrogen-bond donors (Lipinski definition) is 2. The quantitative estimate of drug-likeness (QED) is 0.769. The fourth-order valence-electron chi connectivity index (χ4n) is 1.07. The number of Topliss-reactive ketones (excluding diaryl/α,β-unsaturated/α-hetero) is 1. The number of rotatable bonds is 6. The van der Waals surface area contributed by atoms with E-state index < -0.39 is 12.0 Å². The minimum Gasteiger partial charge on any atom is -0.481 e. The van der Waals surface area contributed by atoms with E-state index in [1.807, 2.05) is 27.7 Å². The van der Waals surface area contributed by atoms with Crippen molar-refractivity contribution in [3.63, 3.8) is 0 Å². The normalized spacial score (nSPS) is 9.89. The van der Waals surface area contributed by atoms with Gasteiger partial charge in [0.05, 0.1) is 6.04 Å². The first-order chi connectivity index (χ1) is 8.47. The molecule has 1 unspecified atom stereocenters. The zero-order valence-electron chi connectivity index (χ0n) is 12.4. The second-order valence-electron chi connectivity index (χ2n) is 3.01. The van der Waals surface area contributed by atoms with Gasteiger partial charge in [-0.2, -0.15) is 0 Å². The van der Waals surface area contributed by atoms with E-state index in [1.54, 1.807) is 6.92 Å². The van der Waals surface area contributed by atoms with Gasteiger partial charge in [0, 0.05) is 19.8 Å². The maximum Gasteiger partial charge on any atom is 0.303 e. The summed E-state index contributed by atoms with van der Waals surface area (Å²) in [6.07, 6.45) is 0.336. The van der Waals surface area contributed by atoms with Crippen molar-refractivity contribution in [2.45, 2.75) is 66.8 Å². The Labute approximate surface area is 110 Å². The van der Waals surface area contributed by atoms with Gasteiger partial charge in [-0.3, -0.25) is 14.4 Å². The van der Waals surface area contributed by atoms with Gasteiger partial charge in [0.25, 0.3) is 0 Å². The summed E-state index contributed by atoms with van der Waals surface area (Å²) in [7, 11) is 0. The molecular weight excluding hydrogens is 234 g/mol. The van der Waals surface area contributed by atoms with Crippen LogP contribution in [0.15, 0.2) is 0 Å². The highest BCUT2D eigenvalue weighted by Gasteiger charge is 2.18. The third-order valence-corrected chi connectivity index (χ3v) is 1.76. The maximum absolute atomic E-state index is 11.3. The molecule has 5 nitrogen and oxygen atoms in total. The van der Waals surface area contributed by atoms with Gasteiger partial charge in [0.15, 0.2) is 5.78 Å². The molecule has 0 saturated heterocycles. The summed E-state index contributed by atoms with van der Waals surface area (Å²) in [5, 5.41) is 10.9. The minimum atomic E-state index is -0.968. The molecular formula is C13H27NO4. The molecule has 0 fully saturated rings. The van der Waals surface area contributed by atoms with E-state index in [-0.39, 0.29) is 24.5 Å². The number of ketones is 1. The van der Waals surface area contributed by atoms with Crippen molar-refractivity contribution in [2.24, 2.45) is 0 Å².